The Morgan fingerprint density at radius 2 is 1.75 bits per heavy atom. The van der Waals surface area contributed by atoms with Crippen LogP contribution in [0.25, 0.3) is 11.4 Å². The van der Waals surface area contributed by atoms with E-state index in [-0.39, 0.29) is 5.91 Å². The monoisotopic (exact) mass is 346 g/mol. The van der Waals surface area contributed by atoms with E-state index in [1.54, 1.807) is 0 Å². The summed E-state index contributed by atoms with van der Waals surface area (Å²) in [7, 11) is 0. The fraction of sp³-hybridized carbons (Fsp3) is 0.500. The van der Waals surface area contributed by atoms with Crippen LogP contribution in [0.5, 0.6) is 0 Å². The molecule has 0 bridgehead atoms. The Morgan fingerprint density at radius 1 is 1.12 bits per heavy atom. The molecule has 0 saturated carbocycles. The van der Waals surface area contributed by atoms with Crippen LogP contribution in [-0.2, 0) is 4.79 Å². The Kier molecular flexibility index (Phi) is 6.85. The van der Waals surface area contributed by atoms with E-state index < -0.39 is 0 Å². The van der Waals surface area contributed by atoms with Gasteiger partial charge in [-0.2, -0.15) is 0 Å². The zero-order chi connectivity index (χ0) is 17.5. The SMILES string of the molecule is CC(C)CN(CC(C)C)C(=O)CSc1n[nH]c(-c2ccccc2)n1. The maximum atomic E-state index is 12.5. The predicted octanol–water partition coefficient (Wildman–Crippen LogP) is 3.70. The molecular formula is C18H26N4OS. The lowest BCUT2D eigenvalue weighted by atomic mass is 10.1. The van der Waals surface area contributed by atoms with Crippen LogP contribution in [0.3, 0.4) is 0 Å². The number of aromatic amines is 1. The van der Waals surface area contributed by atoms with Gasteiger partial charge >= 0.3 is 0 Å². The first-order chi connectivity index (χ1) is 11.5. The van der Waals surface area contributed by atoms with Gasteiger partial charge in [0, 0.05) is 18.7 Å². The van der Waals surface area contributed by atoms with Crippen LogP contribution in [0.4, 0.5) is 0 Å². The van der Waals surface area contributed by atoms with Crippen molar-refractivity contribution in [2.24, 2.45) is 11.8 Å². The summed E-state index contributed by atoms with van der Waals surface area (Å²) in [5.41, 5.74) is 0.990. The van der Waals surface area contributed by atoms with Crippen LogP contribution in [-0.4, -0.2) is 44.8 Å². The number of rotatable bonds is 8. The first-order valence-corrected chi connectivity index (χ1v) is 9.32. The van der Waals surface area contributed by atoms with Crippen molar-refractivity contribution in [2.45, 2.75) is 32.9 Å². The fourth-order valence-electron chi connectivity index (χ4n) is 2.41. The number of carbonyl (C=O) groups excluding carboxylic acids is 1. The van der Waals surface area contributed by atoms with Crippen molar-refractivity contribution in [3.8, 4) is 11.4 Å². The average Bonchev–Trinajstić information content (AvgIpc) is 3.01. The summed E-state index contributed by atoms with van der Waals surface area (Å²) in [5, 5.41) is 7.74. The molecule has 0 saturated heterocycles. The lowest BCUT2D eigenvalue weighted by Crippen LogP contribution is -2.38. The highest BCUT2D eigenvalue weighted by molar-refractivity contribution is 7.99. The molecule has 1 amide bonds. The largest absolute Gasteiger partial charge is 0.341 e. The summed E-state index contributed by atoms with van der Waals surface area (Å²) >= 11 is 1.38. The van der Waals surface area contributed by atoms with Gasteiger partial charge in [0.05, 0.1) is 5.75 Å². The van der Waals surface area contributed by atoms with Gasteiger partial charge < -0.3 is 4.90 Å². The first-order valence-electron chi connectivity index (χ1n) is 8.34. The second-order valence-corrected chi connectivity index (χ2v) is 7.65. The normalized spacial score (nSPS) is 11.2. The summed E-state index contributed by atoms with van der Waals surface area (Å²) in [4.78, 5) is 18.9. The van der Waals surface area contributed by atoms with Gasteiger partial charge in [0.1, 0.15) is 0 Å². The van der Waals surface area contributed by atoms with Crippen LogP contribution in [0.15, 0.2) is 35.5 Å². The zero-order valence-electron chi connectivity index (χ0n) is 14.8. The van der Waals surface area contributed by atoms with Crippen LogP contribution < -0.4 is 0 Å². The van der Waals surface area contributed by atoms with Crippen LogP contribution in [0.2, 0.25) is 0 Å². The smallest absolute Gasteiger partial charge is 0.233 e. The molecule has 2 rings (SSSR count). The molecule has 5 nitrogen and oxygen atoms in total. The maximum absolute atomic E-state index is 12.5. The molecule has 0 aliphatic carbocycles. The van der Waals surface area contributed by atoms with Crippen molar-refractivity contribution < 1.29 is 4.79 Å². The second-order valence-electron chi connectivity index (χ2n) is 6.71. The summed E-state index contributed by atoms with van der Waals surface area (Å²) in [5.74, 6) is 2.17. The zero-order valence-corrected chi connectivity index (χ0v) is 15.6. The standard InChI is InChI=1S/C18H26N4OS/c1-13(2)10-22(11-14(3)4)16(23)12-24-18-19-17(20-21-18)15-8-6-5-7-9-15/h5-9,13-14H,10-12H2,1-4H3,(H,19,20,21). The van der Waals surface area contributed by atoms with Crippen molar-refractivity contribution in [1.82, 2.24) is 20.1 Å². The minimum atomic E-state index is 0.147. The van der Waals surface area contributed by atoms with Gasteiger partial charge in [0.2, 0.25) is 11.1 Å². The topological polar surface area (TPSA) is 61.9 Å². The van der Waals surface area contributed by atoms with Crippen molar-refractivity contribution in [1.29, 1.82) is 0 Å². The lowest BCUT2D eigenvalue weighted by Gasteiger charge is -2.26. The van der Waals surface area contributed by atoms with E-state index >= 15 is 0 Å². The molecule has 0 atom stereocenters. The van der Waals surface area contributed by atoms with Crippen molar-refractivity contribution in [2.75, 3.05) is 18.8 Å². The number of nitrogens with one attached hydrogen (secondary N) is 1. The molecule has 0 aliphatic heterocycles. The number of H-pyrrole nitrogens is 1. The third-order valence-corrected chi connectivity index (χ3v) is 4.19. The van der Waals surface area contributed by atoms with E-state index in [1.165, 1.54) is 11.8 Å². The molecule has 0 radical (unpaired) electrons. The predicted molar refractivity (Wildman–Crippen MR) is 98.8 cm³/mol. The molecule has 0 spiro atoms. The minimum Gasteiger partial charge on any atom is -0.341 e. The summed E-state index contributed by atoms with van der Waals surface area (Å²) in [6.07, 6.45) is 0. The molecule has 1 aromatic heterocycles. The first kappa shape index (κ1) is 18.5. The van der Waals surface area contributed by atoms with E-state index in [4.69, 9.17) is 0 Å². The van der Waals surface area contributed by atoms with Crippen molar-refractivity contribution in [3.05, 3.63) is 30.3 Å². The molecular weight excluding hydrogens is 320 g/mol. The molecule has 0 fully saturated rings. The Bertz CT molecular complexity index is 629. The van der Waals surface area contributed by atoms with E-state index in [1.807, 2.05) is 35.2 Å². The molecule has 130 valence electrons. The highest BCUT2D eigenvalue weighted by Crippen LogP contribution is 2.19. The number of hydrogen-bond donors (Lipinski definition) is 1. The molecule has 1 heterocycles. The maximum Gasteiger partial charge on any atom is 0.233 e. The van der Waals surface area contributed by atoms with Crippen LogP contribution >= 0.6 is 11.8 Å². The van der Waals surface area contributed by atoms with Gasteiger partial charge in [-0.15, -0.1) is 5.10 Å². The van der Waals surface area contributed by atoms with E-state index in [0.717, 1.165) is 24.5 Å². The van der Waals surface area contributed by atoms with Gasteiger partial charge in [0.25, 0.3) is 0 Å². The number of hydrogen-bond acceptors (Lipinski definition) is 4. The van der Waals surface area contributed by atoms with Gasteiger partial charge in [-0.3, -0.25) is 9.89 Å². The summed E-state index contributed by atoms with van der Waals surface area (Å²) in [6, 6.07) is 9.85. The Morgan fingerprint density at radius 3 is 2.33 bits per heavy atom. The van der Waals surface area contributed by atoms with Gasteiger partial charge in [0.15, 0.2) is 5.82 Å². The average molecular weight is 346 g/mol. The number of nitrogens with zero attached hydrogens (tertiary/aromatic N) is 3. The summed E-state index contributed by atoms with van der Waals surface area (Å²) in [6.45, 7) is 10.1. The molecule has 0 unspecified atom stereocenters. The van der Waals surface area contributed by atoms with Gasteiger partial charge in [-0.05, 0) is 11.8 Å². The number of benzene rings is 1. The highest BCUT2D eigenvalue weighted by atomic mass is 32.2. The number of thioether (sulfide) groups is 1. The highest BCUT2D eigenvalue weighted by Gasteiger charge is 2.17. The van der Waals surface area contributed by atoms with Crippen molar-refractivity contribution >= 4 is 17.7 Å². The van der Waals surface area contributed by atoms with Crippen LogP contribution in [0.1, 0.15) is 27.7 Å². The number of carbonyl (C=O) groups is 1. The van der Waals surface area contributed by atoms with E-state index in [2.05, 4.69) is 42.9 Å². The summed E-state index contributed by atoms with van der Waals surface area (Å²) < 4.78 is 0. The van der Waals surface area contributed by atoms with Gasteiger partial charge in [-0.25, -0.2) is 4.98 Å². The van der Waals surface area contributed by atoms with E-state index in [0.29, 0.717) is 22.7 Å². The van der Waals surface area contributed by atoms with Crippen molar-refractivity contribution in [3.63, 3.8) is 0 Å². The Hall–Kier alpha value is -1.82. The molecule has 2 aromatic rings. The number of amides is 1. The van der Waals surface area contributed by atoms with E-state index in [9.17, 15) is 4.79 Å². The fourth-order valence-corrected chi connectivity index (χ4v) is 3.11. The molecule has 6 heteroatoms. The molecule has 24 heavy (non-hydrogen) atoms. The van der Waals surface area contributed by atoms with Gasteiger partial charge in [-0.1, -0.05) is 69.8 Å². The molecule has 1 N–H and O–H groups in total. The quantitative estimate of drug-likeness (QED) is 0.740. The minimum absolute atomic E-state index is 0.147. The number of aromatic nitrogens is 3. The molecule has 1 aromatic carbocycles. The lowest BCUT2D eigenvalue weighted by molar-refractivity contribution is -0.129. The van der Waals surface area contributed by atoms with Crippen LogP contribution in [0, 0.1) is 11.8 Å². The third kappa shape index (κ3) is 5.67. The second kappa shape index (κ2) is 8.87. The Balaban J connectivity index is 1.94. The molecule has 0 aliphatic rings. The Labute approximate surface area is 148 Å². The third-order valence-electron chi connectivity index (χ3n) is 3.36.